The Balaban J connectivity index is 2.82. The fraction of sp³-hybridized carbons (Fsp3) is 0.750. The lowest BCUT2D eigenvalue weighted by Gasteiger charge is -2.18. The molecule has 7 heteroatoms. The molecule has 0 aromatic carbocycles. The number of hydrogen-bond donors (Lipinski definition) is 1. The highest BCUT2D eigenvalue weighted by Crippen LogP contribution is 2.15. The number of sulfonamides is 1. The maximum Gasteiger partial charge on any atom is 0.246 e. The molecule has 1 N–H and O–H groups in total. The smallest absolute Gasteiger partial charge is 0.246 e. The number of aliphatic hydroxyl groups excluding tert-OH is 1. The van der Waals surface area contributed by atoms with Gasteiger partial charge in [-0.2, -0.15) is 9.40 Å². The van der Waals surface area contributed by atoms with E-state index in [4.69, 9.17) is 5.11 Å². The molecule has 110 valence electrons. The zero-order valence-electron chi connectivity index (χ0n) is 11.6. The van der Waals surface area contributed by atoms with Gasteiger partial charge in [-0.15, -0.1) is 0 Å². The molecular weight excluding hydrogens is 266 g/mol. The van der Waals surface area contributed by atoms with E-state index >= 15 is 0 Å². The topological polar surface area (TPSA) is 75.4 Å². The molecule has 0 unspecified atom stereocenters. The SMILES string of the molecule is CCCCN(CC)S(=O)(=O)c1cnn(CCCO)c1. The van der Waals surface area contributed by atoms with Gasteiger partial charge in [0.2, 0.25) is 10.0 Å². The molecule has 6 nitrogen and oxygen atoms in total. The molecule has 1 rings (SSSR count). The number of aryl methyl sites for hydroxylation is 1. The van der Waals surface area contributed by atoms with Crippen molar-refractivity contribution >= 4 is 10.0 Å². The Kier molecular flexibility index (Phi) is 6.47. The first kappa shape index (κ1) is 16.1. The number of hydrogen-bond acceptors (Lipinski definition) is 4. The molecule has 0 fully saturated rings. The summed E-state index contributed by atoms with van der Waals surface area (Å²) in [5, 5.41) is 12.8. The molecule has 0 atom stereocenters. The molecule has 0 amide bonds. The molecule has 1 aromatic rings. The van der Waals surface area contributed by atoms with Crippen LogP contribution in [0.15, 0.2) is 17.3 Å². The summed E-state index contributed by atoms with van der Waals surface area (Å²) in [6.07, 6.45) is 5.28. The molecule has 0 radical (unpaired) electrons. The van der Waals surface area contributed by atoms with Crippen LogP contribution in [-0.2, 0) is 16.6 Å². The van der Waals surface area contributed by atoms with Gasteiger partial charge < -0.3 is 5.11 Å². The van der Waals surface area contributed by atoms with E-state index in [0.717, 1.165) is 12.8 Å². The summed E-state index contributed by atoms with van der Waals surface area (Å²) in [5.41, 5.74) is 0. The van der Waals surface area contributed by atoms with Gasteiger partial charge in [-0.25, -0.2) is 8.42 Å². The van der Waals surface area contributed by atoms with Crippen LogP contribution in [0.2, 0.25) is 0 Å². The Morgan fingerprint density at radius 3 is 2.68 bits per heavy atom. The molecular formula is C12H23N3O3S. The minimum atomic E-state index is -3.44. The molecule has 19 heavy (non-hydrogen) atoms. The number of nitrogens with zero attached hydrogens (tertiary/aromatic N) is 3. The van der Waals surface area contributed by atoms with E-state index in [0.29, 0.717) is 26.1 Å². The standard InChI is InChI=1S/C12H23N3O3S/c1-3-5-8-15(4-2)19(17,18)12-10-13-14(11-12)7-6-9-16/h10-11,16H,3-9H2,1-2H3. The van der Waals surface area contributed by atoms with Crippen LogP contribution in [-0.4, -0.2) is 47.3 Å². The first-order chi connectivity index (χ1) is 9.06. The van der Waals surface area contributed by atoms with Crippen LogP contribution in [0, 0.1) is 0 Å². The summed E-state index contributed by atoms with van der Waals surface area (Å²) in [6.45, 7) is 5.46. The van der Waals surface area contributed by atoms with E-state index in [9.17, 15) is 8.42 Å². The van der Waals surface area contributed by atoms with Crippen molar-refractivity contribution in [1.82, 2.24) is 14.1 Å². The van der Waals surface area contributed by atoms with Crippen LogP contribution in [0.4, 0.5) is 0 Å². The Morgan fingerprint density at radius 1 is 1.37 bits per heavy atom. The van der Waals surface area contributed by atoms with Crippen molar-refractivity contribution in [2.24, 2.45) is 0 Å². The normalized spacial score (nSPS) is 12.2. The maximum atomic E-state index is 12.4. The van der Waals surface area contributed by atoms with Gasteiger partial charge in [-0.1, -0.05) is 20.3 Å². The van der Waals surface area contributed by atoms with E-state index in [1.54, 1.807) is 4.68 Å². The van der Waals surface area contributed by atoms with Crippen LogP contribution in [0.5, 0.6) is 0 Å². The number of rotatable bonds is 9. The molecule has 0 aliphatic heterocycles. The summed E-state index contributed by atoms with van der Waals surface area (Å²) >= 11 is 0. The molecule has 0 saturated heterocycles. The van der Waals surface area contributed by atoms with Gasteiger partial charge in [0.15, 0.2) is 0 Å². The molecule has 0 aliphatic carbocycles. The predicted octanol–water partition coefficient (Wildman–Crippen LogP) is 1.08. The summed E-state index contributed by atoms with van der Waals surface area (Å²) in [7, 11) is -3.44. The third kappa shape index (κ3) is 4.29. The van der Waals surface area contributed by atoms with Crippen molar-refractivity contribution in [3.63, 3.8) is 0 Å². The monoisotopic (exact) mass is 289 g/mol. The second-order valence-electron chi connectivity index (χ2n) is 4.37. The summed E-state index contributed by atoms with van der Waals surface area (Å²) in [4.78, 5) is 0.225. The highest BCUT2D eigenvalue weighted by Gasteiger charge is 2.23. The summed E-state index contributed by atoms with van der Waals surface area (Å²) in [6, 6.07) is 0. The van der Waals surface area contributed by atoms with Gasteiger partial charge in [0.1, 0.15) is 4.90 Å². The van der Waals surface area contributed by atoms with Gasteiger partial charge >= 0.3 is 0 Å². The van der Waals surface area contributed by atoms with Crippen molar-refractivity contribution < 1.29 is 13.5 Å². The van der Waals surface area contributed by atoms with Crippen LogP contribution in [0.1, 0.15) is 33.1 Å². The highest BCUT2D eigenvalue weighted by molar-refractivity contribution is 7.89. The van der Waals surface area contributed by atoms with Crippen molar-refractivity contribution in [2.75, 3.05) is 19.7 Å². The maximum absolute atomic E-state index is 12.4. The van der Waals surface area contributed by atoms with Crippen molar-refractivity contribution in [3.8, 4) is 0 Å². The average molecular weight is 289 g/mol. The zero-order chi connectivity index (χ0) is 14.3. The van der Waals surface area contributed by atoms with E-state index in [1.807, 2.05) is 13.8 Å². The minimum absolute atomic E-state index is 0.0690. The predicted molar refractivity (Wildman–Crippen MR) is 73.3 cm³/mol. The lowest BCUT2D eigenvalue weighted by molar-refractivity contribution is 0.277. The third-order valence-electron chi connectivity index (χ3n) is 2.91. The van der Waals surface area contributed by atoms with E-state index < -0.39 is 10.0 Å². The van der Waals surface area contributed by atoms with Gasteiger partial charge in [0.05, 0.1) is 6.20 Å². The highest BCUT2D eigenvalue weighted by atomic mass is 32.2. The first-order valence-electron chi connectivity index (χ1n) is 6.69. The van der Waals surface area contributed by atoms with E-state index in [1.165, 1.54) is 16.7 Å². The Bertz CT molecular complexity index is 470. The molecule has 0 bridgehead atoms. The van der Waals surface area contributed by atoms with Gasteiger partial charge in [0, 0.05) is 32.4 Å². The fourth-order valence-corrected chi connectivity index (χ4v) is 3.21. The van der Waals surface area contributed by atoms with E-state index in [2.05, 4.69) is 5.10 Å². The first-order valence-corrected chi connectivity index (χ1v) is 8.13. The second kappa shape index (κ2) is 7.62. The van der Waals surface area contributed by atoms with Crippen LogP contribution >= 0.6 is 0 Å². The van der Waals surface area contributed by atoms with Crippen molar-refractivity contribution in [1.29, 1.82) is 0 Å². The summed E-state index contributed by atoms with van der Waals surface area (Å²) in [5.74, 6) is 0. The lowest BCUT2D eigenvalue weighted by Crippen LogP contribution is -2.31. The van der Waals surface area contributed by atoms with Gasteiger partial charge in [-0.05, 0) is 12.8 Å². The van der Waals surface area contributed by atoms with Gasteiger partial charge in [-0.3, -0.25) is 4.68 Å². The molecule has 0 spiro atoms. The van der Waals surface area contributed by atoms with E-state index in [-0.39, 0.29) is 11.5 Å². The molecule has 0 aliphatic rings. The quantitative estimate of drug-likeness (QED) is 0.738. The largest absolute Gasteiger partial charge is 0.396 e. The zero-order valence-corrected chi connectivity index (χ0v) is 12.4. The van der Waals surface area contributed by atoms with Crippen LogP contribution in [0.25, 0.3) is 0 Å². The Labute approximate surface area is 115 Å². The minimum Gasteiger partial charge on any atom is -0.396 e. The Hall–Kier alpha value is -0.920. The average Bonchev–Trinajstić information content (AvgIpc) is 2.86. The third-order valence-corrected chi connectivity index (χ3v) is 4.83. The molecule has 1 aromatic heterocycles. The lowest BCUT2D eigenvalue weighted by atomic mass is 10.3. The van der Waals surface area contributed by atoms with Crippen molar-refractivity contribution in [3.05, 3.63) is 12.4 Å². The Morgan fingerprint density at radius 2 is 2.11 bits per heavy atom. The number of unbranched alkanes of at least 4 members (excludes halogenated alkanes) is 1. The van der Waals surface area contributed by atoms with Crippen molar-refractivity contribution in [2.45, 2.75) is 44.6 Å². The van der Waals surface area contributed by atoms with Gasteiger partial charge in [0.25, 0.3) is 0 Å². The van der Waals surface area contributed by atoms with Crippen LogP contribution in [0.3, 0.4) is 0 Å². The molecule has 1 heterocycles. The summed E-state index contributed by atoms with van der Waals surface area (Å²) < 4.78 is 27.8. The second-order valence-corrected chi connectivity index (χ2v) is 6.30. The fourth-order valence-electron chi connectivity index (χ4n) is 1.76. The van der Waals surface area contributed by atoms with Crippen LogP contribution < -0.4 is 0 Å². The number of aliphatic hydroxyl groups is 1. The molecule has 0 saturated carbocycles. The number of aromatic nitrogens is 2.